The van der Waals surface area contributed by atoms with E-state index in [4.69, 9.17) is 11.6 Å². The van der Waals surface area contributed by atoms with Gasteiger partial charge in [-0.05, 0) is 30.7 Å². The molecular formula is C17H16ClFN4OS2. The number of carbonyl (C=O) groups excluding carboxylic acids is 1. The zero-order chi connectivity index (χ0) is 18.7. The van der Waals surface area contributed by atoms with Gasteiger partial charge in [-0.25, -0.2) is 4.39 Å². The lowest BCUT2D eigenvalue weighted by atomic mass is 10.2. The quantitative estimate of drug-likeness (QED) is 0.602. The highest BCUT2D eigenvalue weighted by Gasteiger charge is 2.14. The first-order valence-electron chi connectivity index (χ1n) is 7.82. The van der Waals surface area contributed by atoms with Crippen molar-refractivity contribution in [3.63, 3.8) is 0 Å². The molecule has 26 heavy (non-hydrogen) atoms. The smallest absolute Gasteiger partial charge is 0.234 e. The van der Waals surface area contributed by atoms with Gasteiger partial charge in [-0.3, -0.25) is 4.79 Å². The predicted molar refractivity (Wildman–Crippen MR) is 104 cm³/mol. The Kier molecular flexibility index (Phi) is 5.95. The molecule has 3 rings (SSSR count). The van der Waals surface area contributed by atoms with Crippen molar-refractivity contribution in [2.24, 2.45) is 7.05 Å². The number of thioether (sulfide) groups is 1. The van der Waals surface area contributed by atoms with Gasteiger partial charge in [-0.15, -0.1) is 21.5 Å². The third-order valence-corrected chi connectivity index (χ3v) is 6.02. The molecule has 1 N–H and O–H groups in total. The van der Waals surface area contributed by atoms with Gasteiger partial charge in [-0.1, -0.05) is 30.3 Å². The molecule has 0 unspecified atom stereocenters. The summed E-state index contributed by atoms with van der Waals surface area (Å²) in [5, 5.41) is 13.7. The number of rotatable bonds is 6. The molecule has 0 saturated heterocycles. The molecule has 2 aromatic heterocycles. The molecule has 0 radical (unpaired) electrons. The normalized spacial score (nSPS) is 10.9. The third-order valence-electron chi connectivity index (χ3n) is 3.63. The summed E-state index contributed by atoms with van der Waals surface area (Å²) in [7, 11) is 1.87. The van der Waals surface area contributed by atoms with Crippen LogP contribution in [0.3, 0.4) is 0 Å². The largest absolute Gasteiger partial charge is 0.325 e. The minimum Gasteiger partial charge on any atom is -0.325 e. The molecule has 0 bridgehead atoms. The van der Waals surface area contributed by atoms with E-state index in [-0.39, 0.29) is 16.7 Å². The van der Waals surface area contributed by atoms with E-state index in [0.29, 0.717) is 10.8 Å². The Bertz CT molecular complexity index is 941. The van der Waals surface area contributed by atoms with Crippen LogP contribution < -0.4 is 5.32 Å². The summed E-state index contributed by atoms with van der Waals surface area (Å²) in [6.45, 7) is 2.11. The zero-order valence-corrected chi connectivity index (χ0v) is 16.5. The molecule has 2 heterocycles. The molecule has 1 aromatic carbocycles. The van der Waals surface area contributed by atoms with Crippen molar-refractivity contribution < 1.29 is 9.18 Å². The highest BCUT2D eigenvalue weighted by atomic mass is 35.5. The van der Waals surface area contributed by atoms with Crippen LogP contribution >= 0.6 is 34.7 Å². The first kappa shape index (κ1) is 18.9. The molecule has 5 nitrogen and oxygen atoms in total. The highest BCUT2D eigenvalue weighted by molar-refractivity contribution is 7.99. The minimum absolute atomic E-state index is 0.0318. The summed E-state index contributed by atoms with van der Waals surface area (Å²) in [5.74, 6) is 0.177. The topological polar surface area (TPSA) is 59.8 Å². The lowest BCUT2D eigenvalue weighted by Gasteiger charge is -2.06. The second kappa shape index (κ2) is 8.20. The zero-order valence-electron chi connectivity index (χ0n) is 14.1. The van der Waals surface area contributed by atoms with Crippen molar-refractivity contribution in [1.82, 2.24) is 14.8 Å². The van der Waals surface area contributed by atoms with Gasteiger partial charge in [0.25, 0.3) is 0 Å². The SMILES string of the molecule is CCc1cc(-c2nnc(SCC(=O)Nc3ccc(F)c(Cl)c3)n2C)cs1. The molecule has 136 valence electrons. The summed E-state index contributed by atoms with van der Waals surface area (Å²) in [6, 6.07) is 6.16. The van der Waals surface area contributed by atoms with Crippen LogP contribution in [0.15, 0.2) is 34.8 Å². The van der Waals surface area contributed by atoms with Crippen LogP contribution in [0.4, 0.5) is 10.1 Å². The maximum Gasteiger partial charge on any atom is 0.234 e. The van der Waals surface area contributed by atoms with Crippen LogP contribution in [0.2, 0.25) is 5.02 Å². The Morgan fingerprint density at radius 3 is 2.88 bits per heavy atom. The number of aromatic nitrogens is 3. The van der Waals surface area contributed by atoms with Gasteiger partial charge in [-0.2, -0.15) is 0 Å². The Balaban J connectivity index is 1.62. The van der Waals surface area contributed by atoms with E-state index < -0.39 is 5.82 Å². The monoisotopic (exact) mass is 410 g/mol. The Labute approximate surface area is 163 Å². The Morgan fingerprint density at radius 2 is 2.19 bits per heavy atom. The van der Waals surface area contributed by atoms with E-state index in [1.165, 1.54) is 34.8 Å². The van der Waals surface area contributed by atoms with Gasteiger partial charge < -0.3 is 9.88 Å². The average molecular weight is 411 g/mol. The second-order valence-corrected chi connectivity index (χ2v) is 7.83. The average Bonchev–Trinajstić information content (AvgIpc) is 3.23. The van der Waals surface area contributed by atoms with Gasteiger partial charge in [0.2, 0.25) is 5.91 Å². The third kappa shape index (κ3) is 4.25. The van der Waals surface area contributed by atoms with Crippen LogP contribution in [0, 0.1) is 5.82 Å². The molecule has 0 aliphatic carbocycles. The van der Waals surface area contributed by atoms with Crippen molar-refractivity contribution in [3.8, 4) is 11.4 Å². The molecule has 1 amide bonds. The summed E-state index contributed by atoms with van der Waals surface area (Å²) < 4.78 is 15.0. The van der Waals surface area contributed by atoms with Crippen LogP contribution in [0.25, 0.3) is 11.4 Å². The van der Waals surface area contributed by atoms with E-state index in [0.717, 1.165) is 17.8 Å². The molecule has 0 fully saturated rings. The lowest BCUT2D eigenvalue weighted by molar-refractivity contribution is -0.113. The van der Waals surface area contributed by atoms with Gasteiger partial charge in [0.1, 0.15) is 5.82 Å². The molecule has 0 aliphatic rings. The van der Waals surface area contributed by atoms with Crippen molar-refractivity contribution in [1.29, 1.82) is 0 Å². The lowest BCUT2D eigenvalue weighted by Crippen LogP contribution is -2.14. The molecule has 0 spiro atoms. The van der Waals surface area contributed by atoms with E-state index in [1.807, 2.05) is 11.6 Å². The summed E-state index contributed by atoms with van der Waals surface area (Å²) in [6.07, 6.45) is 0.984. The summed E-state index contributed by atoms with van der Waals surface area (Å²) in [4.78, 5) is 13.4. The van der Waals surface area contributed by atoms with E-state index >= 15 is 0 Å². The van der Waals surface area contributed by atoms with Crippen molar-refractivity contribution in [2.75, 3.05) is 11.1 Å². The fourth-order valence-electron chi connectivity index (χ4n) is 2.28. The van der Waals surface area contributed by atoms with Crippen molar-refractivity contribution >= 4 is 46.3 Å². The number of aryl methyl sites for hydroxylation is 1. The fraction of sp³-hybridized carbons (Fsp3) is 0.235. The van der Waals surface area contributed by atoms with Crippen LogP contribution in [-0.2, 0) is 18.3 Å². The van der Waals surface area contributed by atoms with Crippen molar-refractivity contribution in [3.05, 3.63) is 45.4 Å². The number of nitrogens with one attached hydrogen (secondary N) is 1. The van der Waals surface area contributed by atoms with Gasteiger partial charge in [0, 0.05) is 28.6 Å². The number of hydrogen-bond donors (Lipinski definition) is 1. The standard InChI is InChI=1S/C17H16ClFN4OS2/c1-3-12-6-10(8-25-12)16-21-22-17(23(16)2)26-9-15(24)20-11-4-5-14(19)13(18)7-11/h4-8H,3,9H2,1-2H3,(H,20,24). The summed E-state index contributed by atoms with van der Waals surface area (Å²) >= 11 is 8.69. The number of carbonyl (C=O) groups is 1. The number of hydrogen-bond acceptors (Lipinski definition) is 5. The van der Waals surface area contributed by atoms with Gasteiger partial charge in [0.15, 0.2) is 11.0 Å². The van der Waals surface area contributed by atoms with Gasteiger partial charge >= 0.3 is 0 Å². The first-order chi connectivity index (χ1) is 12.5. The Hall–Kier alpha value is -1.90. The minimum atomic E-state index is -0.523. The Morgan fingerprint density at radius 1 is 1.38 bits per heavy atom. The maximum absolute atomic E-state index is 13.2. The number of halogens is 2. The number of nitrogens with zero attached hydrogens (tertiary/aromatic N) is 3. The molecule has 0 saturated carbocycles. The number of amides is 1. The van der Waals surface area contributed by atoms with Gasteiger partial charge in [0.05, 0.1) is 10.8 Å². The first-order valence-corrected chi connectivity index (χ1v) is 10.1. The highest BCUT2D eigenvalue weighted by Crippen LogP contribution is 2.27. The van der Waals surface area contributed by atoms with Crippen LogP contribution in [-0.4, -0.2) is 26.4 Å². The predicted octanol–water partition coefficient (Wildman–Crippen LogP) is 4.63. The van der Waals surface area contributed by atoms with Crippen molar-refractivity contribution in [2.45, 2.75) is 18.5 Å². The molecule has 0 atom stereocenters. The number of benzene rings is 1. The van der Waals surface area contributed by atoms with E-state index in [9.17, 15) is 9.18 Å². The maximum atomic E-state index is 13.2. The van der Waals surface area contributed by atoms with Crippen LogP contribution in [0.5, 0.6) is 0 Å². The number of anilines is 1. The molecule has 0 aliphatic heterocycles. The fourth-order valence-corrected chi connectivity index (χ4v) is 3.98. The second-order valence-electron chi connectivity index (χ2n) is 5.49. The number of thiophene rings is 1. The summed E-state index contributed by atoms with van der Waals surface area (Å²) in [5.41, 5.74) is 1.48. The molecule has 9 heteroatoms. The molecular weight excluding hydrogens is 395 g/mol. The van der Waals surface area contributed by atoms with E-state index in [2.05, 4.69) is 33.9 Å². The van der Waals surface area contributed by atoms with Crippen LogP contribution in [0.1, 0.15) is 11.8 Å². The van der Waals surface area contributed by atoms with E-state index in [1.54, 1.807) is 11.3 Å². The molecule has 3 aromatic rings.